The van der Waals surface area contributed by atoms with Gasteiger partial charge in [-0.15, -0.1) is 0 Å². The fraction of sp³-hybridized carbons (Fsp3) is 0.778. The van der Waals surface area contributed by atoms with Gasteiger partial charge in [0, 0.05) is 12.7 Å². The van der Waals surface area contributed by atoms with Gasteiger partial charge >= 0.3 is 5.97 Å². The van der Waals surface area contributed by atoms with Crippen molar-refractivity contribution in [1.29, 1.82) is 0 Å². The summed E-state index contributed by atoms with van der Waals surface area (Å²) in [6.07, 6.45) is 15.5. The summed E-state index contributed by atoms with van der Waals surface area (Å²) in [6.45, 7) is 2.26. The Morgan fingerprint density at radius 2 is 1.50 bits per heavy atom. The number of unbranched alkanes of at least 4 members (excludes halogenated alkanes) is 10. The van der Waals surface area contributed by atoms with Gasteiger partial charge in [-0.25, -0.2) is 4.79 Å². The Morgan fingerprint density at radius 3 is 1.95 bits per heavy atom. The Kier molecular flexibility index (Phi) is 9.60. The Hall–Kier alpha value is -1.32. The topological polar surface area (TPSA) is 55.1 Å². The van der Waals surface area contributed by atoms with Crippen LogP contribution in [0.25, 0.3) is 0 Å². The predicted octanol–water partition coefficient (Wildman–Crippen LogP) is 4.97. The molecule has 126 valence electrons. The molecule has 0 saturated carbocycles. The summed E-state index contributed by atoms with van der Waals surface area (Å²) in [6, 6.07) is 1.69. The summed E-state index contributed by atoms with van der Waals surface area (Å²) in [5, 5.41) is 12.9. The number of aryl methyl sites for hydroxylation is 2. The zero-order chi connectivity index (χ0) is 16.2. The number of carbonyl (C=O) groups is 1. The van der Waals surface area contributed by atoms with Gasteiger partial charge in [-0.2, -0.15) is 5.10 Å². The molecule has 0 aliphatic rings. The van der Waals surface area contributed by atoms with Gasteiger partial charge in [0.1, 0.15) is 0 Å². The first-order valence-electron chi connectivity index (χ1n) is 8.91. The maximum Gasteiger partial charge on any atom is 0.356 e. The van der Waals surface area contributed by atoms with Crippen LogP contribution in [0.1, 0.15) is 93.7 Å². The molecule has 0 bridgehead atoms. The second-order valence-corrected chi connectivity index (χ2v) is 6.24. The van der Waals surface area contributed by atoms with Crippen molar-refractivity contribution in [2.45, 2.75) is 84.0 Å². The smallest absolute Gasteiger partial charge is 0.356 e. The molecule has 0 aliphatic heterocycles. The number of nitrogens with zero attached hydrogens (tertiary/aromatic N) is 2. The van der Waals surface area contributed by atoms with Crippen LogP contribution in [-0.4, -0.2) is 20.9 Å². The number of carboxylic acid groups (broad SMARTS) is 1. The highest BCUT2D eigenvalue weighted by Gasteiger charge is 2.10. The molecule has 4 nitrogen and oxygen atoms in total. The van der Waals surface area contributed by atoms with Crippen LogP contribution < -0.4 is 0 Å². The molecule has 0 unspecified atom stereocenters. The van der Waals surface area contributed by atoms with Gasteiger partial charge in [0.2, 0.25) is 0 Å². The van der Waals surface area contributed by atoms with Crippen molar-refractivity contribution in [3.05, 3.63) is 17.5 Å². The molecular formula is C18H32N2O2. The lowest BCUT2D eigenvalue weighted by Gasteiger charge is -2.03. The molecule has 4 heteroatoms. The highest BCUT2D eigenvalue weighted by Crippen LogP contribution is 2.13. The summed E-state index contributed by atoms with van der Waals surface area (Å²) < 4.78 is 1.69. The van der Waals surface area contributed by atoms with E-state index in [1.54, 1.807) is 10.7 Å². The van der Waals surface area contributed by atoms with Crippen molar-refractivity contribution in [3.8, 4) is 0 Å². The van der Waals surface area contributed by atoms with Gasteiger partial charge in [-0.3, -0.25) is 4.68 Å². The zero-order valence-electron chi connectivity index (χ0n) is 14.3. The largest absolute Gasteiger partial charge is 0.476 e. The number of hydrogen-bond donors (Lipinski definition) is 1. The van der Waals surface area contributed by atoms with Gasteiger partial charge in [0.15, 0.2) is 5.69 Å². The van der Waals surface area contributed by atoms with Crippen LogP contribution in [-0.2, 0) is 13.5 Å². The molecule has 1 N–H and O–H groups in total. The first-order chi connectivity index (χ1) is 10.6. The van der Waals surface area contributed by atoms with E-state index in [1.165, 1.54) is 64.2 Å². The fourth-order valence-corrected chi connectivity index (χ4v) is 2.81. The Bertz CT molecular complexity index is 427. The quantitative estimate of drug-likeness (QED) is 0.523. The lowest BCUT2D eigenvalue weighted by Crippen LogP contribution is -2.00. The number of hydrogen-bond acceptors (Lipinski definition) is 2. The van der Waals surface area contributed by atoms with E-state index in [1.807, 2.05) is 7.05 Å². The van der Waals surface area contributed by atoms with E-state index >= 15 is 0 Å². The predicted molar refractivity (Wildman–Crippen MR) is 90.3 cm³/mol. The lowest BCUT2D eigenvalue weighted by molar-refractivity contribution is 0.0689. The maximum atomic E-state index is 10.9. The van der Waals surface area contributed by atoms with Crippen LogP contribution >= 0.6 is 0 Å². The van der Waals surface area contributed by atoms with Crippen molar-refractivity contribution in [2.24, 2.45) is 7.05 Å². The number of aromatic carboxylic acids is 1. The molecule has 0 amide bonds. The molecule has 0 radical (unpaired) electrons. The van der Waals surface area contributed by atoms with Gasteiger partial charge < -0.3 is 5.11 Å². The Balaban J connectivity index is 1.98. The highest BCUT2D eigenvalue weighted by atomic mass is 16.4. The molecule has 22 heavy (non-hydrogen) atoms. The number of carboxylic acids is 1. The van der Waals surface area contributed by atoms with Gasteiger partial charge in [-0.05, 0) is 18.9 Å². The van der Waals surface area contributed by atoms with Crippen LogP contribution in [0.15, 0.2) is 6.07 Å². The van der Waals surface area contributed by atoms with Crippen LogP contribution in [0.5, 0.6) is 0 Å². The zero-order valence-corrected chi connectivity index (χ0v) is 14.3. The molecule has 1 aromatic heterocycles. The van der Waals surface area contributed by atoms with Crippen molar-refractivity contribution in [1.82, 2.24) is 9.78 Å². The summed E-state index contributed by atoms with van der Waals surface area (Å²) in [5.74, 6) is -0.944. The first-order valence-corrected chi connectivity index (χ1v) is 8.91. The van der Waals surface area contributed by atoms with E-state index in [4.69, 9.17) is 5.11 Å². The van der Waals surface area contributed by atoms with E-state index in [0.29, 0.717) is 0 Å². The third kappa shape index (κ3) is 7.62. The van der Waals surface area contributed by atoms with Crippen molar-refractivity contribution < 1.29 is 9.90 Å². The third-order valence-electron chi connectivity index (χ3n) is 4.23. The van der Waals surface area contributed by atoms with Gasteiger partial charge in [0.25, 0.3) is 0 Å². The van der Waals surface area contributed by atoms with E-state index in [-0.39, 0.29) is 5.69 Å². The normalized spacial score (nSPS) is 11.0. The van der Waals surface area contributed by atoms with Crippen molar-refractivity contribution in [2.75, 3.05) is 0 Å². The number of rotatable bonds is 13. The molecule has 1 heterocycles. The summed E-state index contributed by atoms with van der Waals surface area (Å²) in [5.41, 5.74) is 1.17. The standard InChI is InChI=1S/C18H32N2O2/c1-3-4-5-6-7-8-9-10-11-12-13-14-16-15-17(18(21)22)19-20(16)2/h15H,3-14H2,1-2H3,(H,21,22). The summed E-state index contributed by atoms with van der Waals surface area (Å²) in [4.78, 5) is 10.9. The second kappa shape index (κ2) is 11.3. The van der Waals surface area contributed by atoms with E-state index in [9.17, 15) is 4.79 Å². The monoisotopic (exact) mass is 308 g/mol. The van der Waals surface area contributed by atoms with Crippen LogP contribution in [0, 0.1) is 0 Å². The SMILES string of the molecule is CCCCCCCCCCCCCc1cc(C(=O)O)nn1C. The minimum atomic E-state index is -0.944. The first kappa shape index (κ1) is 18.7. The molecule has 1 rings (SSSR count). The van der Waals surface area contributed by atoms with E-state index < -0.39 is 5.97 Å². The van der Waals surface area contributed by atoms with Crippen LogP contribution in [0.4, 0.5) is 0 Å². The minimum Gasteiger partial charge on any atom is -0.476 e. The Labute approximate surface area is 134 Å². The van der Waals surface area contributed by atoms with E-state index in [0.717, 1.165) is 18.5 Å². The van der Waals surface area contributed by atoms with Crippen LogP contribution in [0.2, 0.25) is 0 Å². The summed E-state index contributed by atoms with van der Waals surface area (Å²) >= 11 is 0. The van der Waals surface area contributed by atoms with Crippen molar-refractivity contribution >= 4 is 5.97 Å². The van der Waals surface area contributed by atoms with Crippen LogP contribution in [0.3, 0.4) is 0 Å². The molecule has 1 aromatic rings. The molecule has 0 aromatic carbocycles. The number of aromatic nitrogens is 2. The van der Waals surface area contributed by atoms with Crippen molar-refractivity contribution in [3.63, 3.8) is 0 Å². The van der Waals surface area contributed by atoms with Gasteiger partial charge in [-0.1, -0.05) is 71.1 Å². The molecule has 0 spiro atoms. The maximum absolute atomic E-state index is 10.9. The Morgan fingerprint density at radius 1 is 1.00 bits per heavy atom. The average molecular weight is 308 g/mol. The van der Waals surface area contributed by atoms with E-state index in [2.05, 4.69) is 12.0 Å². The van der Waals surface area contributed by atoms with Gasteiger partial charge in [0.05, 0.1) is 0 Å². The summed E-state index contributed by atoms with van der Waals surface area (Å²) in [7, 11) is 1.82. The third-order valence-corrected chi connectivity index (χ3v) is 4.23. The lowest BCUT2D eigenvalue weighted by atomic mass is 10.0. The molecule has 0 atom stereocenters. The molecule has 0 aliphatic carbocycles. The second-order valence-electron chi connectivity index (χ2n) is 6.24. The average Bonchev–Trinajstić information content (AvgIpc) is 2.86. The minimum absolute atomic E-state index is 0.153. The highest BCUT2D eigenvalue weighted by molar-refractivity contribution is 5.85. The fourth-order valence-electron chi connectivity index (χ4n) is 2.81. The molecule has 0 fully saturated rings. The molecular weight excluding hydrogens is 276 g/mol. The molecule has 0 saturated heterocycles.